The van der Waals surface area contributed by atoms with Crippen LogP contribution in [0.4, 0.5) is 0 Å². The summed E-state index contributed by atoms with van der Waals surface area (Å²) < 4.78 is -1.29. The van der Waals surface area contributed by atoms with Gasteiger partial charge in [0.15, 0.2) is 3.79 Å². The first kappa shape index (κ1) is 8.16. The van der Waals surface area contributed by atoms with Gasteiger partial charge in [-0.3, -0.25) is 0 Å². The third kappa shape index (κ3) is 7.16. The topological polar surface area (TPSA) is 0 Å². The summed E-state index contributed by atoms with van der Waals surface area (Å²) >= 11 is 20.8. The molecule has 0 aromatic heterocycles. The molecule has 0 saturated heterocycles. The Morgan fingerprint density at radius 3 is 1.71 bits per heavy atom. The molecule has 1 radical (unpaired) electrons. The summed E-state index contributed by atoms with van der Waals surface area (Å²) in [6.07, 6.45) is 1.37. The lowest BCUT2D eigenvalue weighted by atomic mass is 10.6. The molecule has 0 bridgehead atoms. The van der Waals surface area contributed by atoms with Crippen molar-refractivity contribution in [1.82, 2.24) is 0 Å². The number of hydrogen-bond acceptors (Lipinski definition) is 0. The molecule has 0 rings (SSSR count). The average molecular weight is 181 g/mol. The Kier molecular flexibility index (Phi) is 3.77. The molecular weight excluding hydrogens is 178 g/mol. The Morgan fingerprint density at radius 2 is 1.71 bits per heavy atom. The predicted octanol–water partition coefficient (Wildman–Crippen LogP) is 2.80. The monoisotopic (exact) mass is 179 g/mol. The van der Waals surface area contributed by atoms with Gasteiger partial charge in [0.2, 0.25) is 0 Å². The summed E-state index contributed by atoms with van der Waals surface area (Å²) in [4.78, 5) is 0. The van der Waals surface area contributed by atoms with Crippen molar-refractivity contribution in [3.8, 4) is 0 Å². The molecule has 0 aliphatic heterocycles. The Balaban J connectivity index is 3.15. The van der Waals surface area contributed by atoms with Crippen LogP contribution in [0.3, 0.4) is 0 Å². The van der Waals surface area contributed by atoms with Crippen molar-refractivity contribution < 1.29 is 0 Å². The van der Waals surface area contributed by atoms with Crippen molar-refractivity contribution in [3.05, 3.63) is 6.42 Å². The first-order chi connectivity index (χ1) is 3.06. The fraction of sp³-hybridized carbons (Fsp3) is 0.667. The van der Waals surface area contributed by atoms with Gasteiger partial charge >= 0.3 is 0 Å². The summed E-state index contributed by atoms with van der Waals surface area (Å²) in [6.45, 7) is 0. The van der Waals surface area contributed by atoms with Gasteiger partial charge in [0, 0.05) is 12.3 Å². The second-order valence-electron chi connectivity index (χ2n) is 0.900. The highest BCUT2D eigenvalue weighted by Gasteiger charge is 2.17. The first-order valence-electron chi connectivity index (χ1n) is 1.53. The molecule has 0 N–H and O–H groups in total. The Bertz CT molecular complexity index is 45.4. The molecule has 0 heterocycles. The molecule has 0 aromatic carbocycles. The Morgan fingerprint density at radius 1 is 1.29 bits per heavy atom. The van der Waals surface area contributed by atoms with Crippen molar-refractivity contribution in [3.63, 3.8) is 0 Å². The van der Waals surface area contributed by atoms with E-state index in [4.69, 9.17) is 46.4 Å². The molecule has 0 aromatic rings. The van der Waals surface area contributed by atoms with E-state index in [0.29, 0.717) is 0 Å². The van der Waals surface area contributed by atoms with E-state index in [-0.39, 0.29) is 5.88 Å². The minimum Gasteiger partial charge on any atom is -0.126 e. The molecule has 43 valence electrons. The van der Waals surface area contributed by atoms with Crippen LogP contribution in [0.5, 0.6) is 0 Å². The maximum atomic E-state index is 5.22. The first-order valence-corrected chi connectivity index (χ1v) is 3.20. The Hall–Kier alpha value is 1.16. The molecule has 0 saturated carbocycles. The third-order valence-electron chi connectivity index (χ3n) is 0.309. The van der Waals surface area contributed by atoms with E-state index < -0.39 is 3.79 Å². The quantitative estimate of drug-likeness (QED) is 0.545. The molecular formula is C3H3Cl4. The lowest BCUT2D eigenvalue weighted by Crippen LogP contribution is -2.02. The van der Waals surface area contributed by atoms with Crippen LogP contribution in [0.1, 0.15) is 0 Å². The molecule has 0 amide bonds. The summed E-state index contributed by atoms with van der Waals surface area (Å²) in [7, 11) is 0. The number of hydrogen-bond donors (Lipinski definition) is 0. The van der Waals surface area contributed by atoms with Gasteiger partial charge in [-0.1, -0.05) is 34.8 Å². The van der Waals surface area contributed by atoms with E-state index in [2.05, 4.69) is 0 Å². The second-order valence-corrected chi connectivity index (χ2v) is 3.58. The van der Waals surface area contributed by atoms with Gasteiger partial charge in [-0.15, -0.1) is 11.6 Å². The highest BCUT2D eigenvalue weighted by atomic mass is 35.6. The predicted molar refractivity (Wildman–Crippen MR) is 35.3 cm³/mol. The fourth-order valence-electron chi connectivity index (χ4n) is 0.0875. The van der Waals surface area contributed by atoms with Gasteiger partial charge in [-0.05, 0) is 0 Å². The molecule has 0 nitrogen and oxygen atoms in total. The van der Waals surface area contributed by atoms with Crippen LogP contribution in [-0.2, 0) is 0 Å². The number of rotatable bonds is 1. The Labute approximate surface area is 62.7 Å². The van der Waals surface area contributed by atoms with Gasteiger partial charge in [-0.2, -0.15) is 0 Å². The molecule has 0 unspecified atom stereocenters. The van der Waals surface area contributed by atoms with Crippen LogP contribution in [0.2, 0.25) is 0 Å². The van der Waals surface area contributed by atoms with Crippen molar-refractivity contribution in [1.29, 1.82) is 0 Å². The number of alkyl halides is 4. The van der Waals surface area contributed by atoms with Crippen LogP contribution in [0, 0.1) is 6.42 Å². The van der Waals surface area contributed by atoms with E-state index in [0.717, 1.165) is 0 Å². The van der Waals surface area contributed by atoms with Crippen LogP contribution >= 0.6 is 46.4 Å². The third-order valence-corrected chi connectivity index (χ3v) is 0.926. The maximum Gasteiger partial charge on any atom is 0.194 e. The van der Waals surface area contributed by atoms with Gasteiger partial charge in [0.05, 0.1) is 0 Å². The van der Waals surface area contributed by atoms with Gasteiger partial charge in [-0.25, -0.2) is 0 Å². The van der Waals surface area contributed by atoms with E-state index >= 15 is 0 Å². The van der Waals surface area contributed by atoms with Gasteiger partial charge < -0.3 is 0 Å². The standard InChI is InChI=1S/C3H3Cl4/c4-2-1-3(5,6)7/h1H,2H2. The molecule has 0 atom stereocenters. The molecule has 0 fully saturated rings. The van der Waals surface area contributed by atoms with Crippen LogP contribution in [0.25, 0.3) is 0 Å². The summed E-state index contributed by atoms with van der Waals surface area (Å²) in [6, 6.07) is 0. The van der Waals surface area contributed by atoms with E-state index in [1.54, 1.807) is 0 Å². The molecule has 7 heavy (non-hydrogen) atoms. The zero-order valence-electron chi connectivity index (χ0n) is 3.30. The van der Waals surface area contributed by atoms with E-state index in [9.17, 15) is 0 Å². The normalized spacial score (nSPS) is 12.0. The smallest absolute Gasteiger partial charge is 0.126 e. The van der Waals surface area contributed by atoms with E-state index in [1.165, 1.54) is 6.42 Å². The van der Waals surface area contributed by atoms with Crippen molar-refractivity contribution >= 4 is 46.4 Å². The minimum atomic E-state index is -1.29. The summed E-state index contributed by atoms with van der Waals surface area (Å²) in [5, 5.41) is 0. The lowest BCUT2D eigenvalue weighted by Gasteiger charge is -2.04. The lowest BCUT2D eigenvalue weighted by molar-refractivity contribution is 1.25. The largest absolute Gasteiger partial charge is 0.194 e. The van der Waals surface area contributed by atoms with Crippen LogP contribution in [-0.4, -0.2) is 9.67 Å². The molecule has 4 heteroatoms. The minimum absolute atomic E-state index is 0.260. The zero-order chi connectivity index (χ0) is 5.91. The fourth-order valence-corrected chi connectivity index (χ4v) is 0.787. The van der Waals surface area contributed by atoms with Gasteiger partial charge in [0.25, 0.3) is 0 Å². The molecule has 0 aliphatic carbocycles. The van der Waals surface area contributed by atoms with Crippen molar-refractivity contribution in [2.24, 2.45) is 0 Å². The summed E-state index contributed by atoms with van der Waals surface area (Å²) in [5.74, 6) is 0.260. The molecule has 0 spiro atoms. The summed E-state index contributed by atoms with van der Waals surface area (Å²) in [5.41, 5.74) is 0. The van der Waals surface area contributed by atoms with Crippen LogP contribution in [0.15, 0.2) is 0 Å². The number of halogens is 4. The zero-order valence-corrected chi connectivity index (χ0v) is 6.32. The van der Waals surface area contributed by atoms with Crippen LogP contribution < -0.4 is 0 Å². The van der Waals surface area contributed by atoms with Gasteiger partial charge in [0.1, 0.15) is 0 Å². The highest BCUT2D eigenvalue weighted by Crippen LogP contribution is 2.28. The SMILES string of the molecule is ClC[CH]C(Cl)(Cl)Cl. The maximum absolute atomic E-state index is 5.22. The second kappa shape index (κ2) is 3.24. The van der Waals surface area contributed by atoms with Crippen molar-refractivity contribution in [2.45, 2.75) is 3.79 Å². The molecule has 0 aliphatic rings. The highest BCUT2D eigenvalue weighted by molar-refractivity contribution is 6.68. The average Bonchev–Trinajstić information content (AvgIpc) is 1.30. The van der Waals surface area contributed by atoms with E-state index in [1.807, 2.05) is 0 Å². The van der Waals surface area contributed by atoms with Crippen molar-refractivity contribution in [2.75, 3.05) is 5.88 Å².